The minimum absolute atomic E-state index is 0.0484. The quantitative estimate of drug-likeness (QED) is 0.136. The average Bonchev–Trinajstić information content (AvgIpc) is 4.02. The summed E-state index contributed by atoms with van der Waals surface area (Å²) in [4.78, 5) is 62.5. The van der Waals surface area contributed by atoms with Crippen molar-refractivity contribution in [2.75, 3.05) is 26.7 Å². The first-order chi connectivity index (χ1) is 26.7. The Hall–Kier alpha value is -5.23. The van der Waals surface area contributed by atoms with E-state index in [9.17, 15) is 14.4 Å². The number of fused-ring (bicyclic) bond motifs is 3. The third-order valence-electron chi connectivity index (χ3n) is 12.1. The standard InChI is InChI=1S/C43H52N8O4/c1-6-49(7-2)38(25(3)4)42(53)50-22-8-9-36(50)39-44-31-18-14-28(23-34(31)46-39)26-10-12-27(13-11-26)29-15-19-32-35(24-29)47-40(45-32)37-21-17-30-16-20-33(41(52)51(30)37)48-43(54)55-5/h10-15,18-19,23-25,30,33,36-38H,6-9,16-17,20-22H2,1-5H3,(H,44,46)(H,45,47)(H,48,54)/t30-,33-,36-,37-,38+/m0/s1. The predicted octanol–water partition coefficient (Wildman–Crippen LogP) is 7.35. The van der Waals surface area contributed by atoms with Crippen LogP contribution in [0.15, 0.2) is 60.7 Å². The molecular weight excluding hydrogens is 693 g/mol. The summed E-state index contributed by atoms with van der Waals surface area (Å²) in [7, 11) is 1.31. The molecule has 3 N–H and O–H groups in total. The van der Waals surface area contributed by atoms with Gasteiger partial charge in [0.15, 0.2) is 0 Å². The number of H-pyrrole nitrogens is 2. The zero-order chi connectivity index (χ0) is 38.4. The molecule has 3 saturated heterocycles. The summed E-state index contributed by atoms with van der Waals surface area (Å²) in [5.41, 5.74) is 8.00. The predicted molar refractivity (Wildman–Crippen MR) is 213 cm³/mol. The number of imidazole rings is 2. The highest BCUT2D eigenvalue weighted by Gasteiger charge is 2.45. The SMILES string of the molecule is CCN(CC)[C@@H](C(=O)N1CCC[C@H]1c1nc2ccc(-c3ccc(-c4ccc5nc([C@@H]6CC[C@@H]7CC[C@H](NC(=O)OC)C(=O)N76)[nH]c5c4)cc3)cc2[nH]1)C(C)C. The maximum atomic E-state index is 13.9. The zero-order valence-corrected chi connectivity index (χ0v) is 32.5. The summed E-state index contributed by atoms with van der Waals surface area (Å²) in [5, 5.41) is 2.70. The van der Waals surface area contributed by atoms with Crippen molar-refractivity contribution < 1.29 is 19.1 Å². The van der Waals surface area contributed by atoms with Crippen LogP contribution in [-0.4, -0.2) is 97.4 Å². The number of amides is 3. The molecule has 3 amide bonds. The van der Waals surface area contributed by atoms with E-state index in [1.165, 1.54) is 7.11 Å². The molecule has 0 spiro atoms. The van der Waals surface area contributed by atoms with E-state index in [-0.39, 0.29) is 41.9 Å². The molecule has 12 heteroatoms. The molecule has 0 aliphatic carbocycles. The molecule has 12 nitrogen and oxygen atoms in total. The Bertz CT molecular complexity index is 2210. The van der Waals surface area contributed by atoms with Crippen LogP contribution in [0.4, 0.5) is 4.79 Å². The summed E-state index contributed by atoms with van der Waals surface area (Å²) < 4.78 is 4.75. The average molecular weight is 745 g/mol. The van der Waals surface area contributed by atoms with Gasteiger partial charge in [-0.1, -0.05) is 64.1 Å². The van der Waals surface area contributed by atoms with Crippen molar-refractivity contribution >= 4 is 40.0 Å². The second kappa shape index (κ2) is 15.1. The minimum atomic E-state index is -0.586. The van der Waals surface area contributed by atoms with Gasteiger partial charge in [-0.2, -0.15) is 0 Å². The number of carbonyl (C=O) groups excluding carboxylic acids is 3. The molecule has 288 valence electrons. The molecule has 0 bridgehead atoms. The van der Waals surface area contributed by atoms with Crippen LogP contribution in [-0.2, 0) is 14.3 Å². The smallest absolute Gasteiger partial charge is 0.407 e. The Labute approximate surface area is 322 Å². The van der Waals surface area contributed by atoms with E-state index in [0.717, 1.165) is 108 Å². The van der Waals surface area contributed by atoms with Gasteiger partial charge < -0.3 is 29.8 Å². The first-order valence-electron chi connectivity index (χ1n) is 20.0. The fourth-order valence-corrected chi connectivity index (χ4v) is 9.32. The van der Waals surface area contributed by atoms with Gasteiger partial charge in [0, 0.05) is 12.6 Å². The fourth-order valence-electron chi connectivity index (χ4n) is 9.32. The molecule has 3 aromatic carbocycles. The summed E-state index contributed by atoms with van der Waals surface area (Å²) >= 11 is 0. The number of likely N-dealkylation sites (tertiary alicyclic amines) is 1. The van der Waals surface area contributed by atoms with Crippen LogP contribution >= 0.6 is 0 Å². The van der Waals surface area contributed by atoms with Gasteiger partial charge >= 0.3 is 6.09 Å². The van der Waals surface area contributed by atoms with Gasteiger partial charge in [0.25, 0.3) is 0 Å². The molecule has 2 aromatic heterocycles. The molecule has 8 rings (SSSR count). The number of aromatic amines is 2. The molecule has 3 fully saturated rings. The van der Waals surface area contributed by atoms with Gasteiger partial charge in [-0.25, -0.2) is 14.8 Å². The number of alkyl carbamates (subject to hydrolysis) is 1. The van der Waals surface area contributed by atoms with Crippen molar-refractivity contribution in [3.63, 3.8) is 0 Å². The number of rotatable bonds is 10. The number of carbonyl (C=O) groups is 3. The Morgan fingerprint density at radius 3 is 1.95 bits per heavy atom. The number of aromatic nitrogens is 4. The Balaban J connectivity index is 0.983. The lowest BCUT2D eigenvalue weighted by Crippen LogP contribution is -2.54. The monoisotopic (exact) mass is 744 g/mol. The number of hydrogen-bond donors (Lipinski definition) is 3. The van der Waals surface area contributed by atoms with E-state index in [1.54, 1.807) is 0 Å². The van der Waals surface area contributed by atoms with Gasteiger partial charge in [0.1, 0.15) is 17.7 Å². The highest BCUT2D eigenvalue weighted by Crippen LogP contribution is 2.41. The molecular formula is C43H52N8O4. The van der Waals surface area contributed by atoms with Crippen molar-refractivity contribution in [3.8, 4) is 22.3 Å². The van der Waals surface area contributed by atoms with Crippen molar-refractivity contribution in [1.29, 1.82) is 0 Å². The van der Waals surface area contributed by atoms with Gasteiger partial charge in [-0.15, -0.1) is 0 Å². The lowest BCUT2D eigenvalue weighted by Gasteiger charge is -2.37. The van der Waals surface area contributed by atoms with E-state index >= 15 is 0 Å². The number of nitrogens with zero attached hydrogens (tertiary/aromatic N) is 5. The van der Waals surface area contributed by atoms with E-state index in [4.69, 9.17) is 14.7 Å². The minimum Gasteiger partial charge on any atom is -0.453 e. The van der Waals surface area contributed by atoms with Gasteiger partial charge in [-0.3, -0.25) is 14.5 Å². The second-order valence-corrected chi connectivity index (χ2v) is 15.6. The fraction of sp³-hybridized carbons (Fsp3) is 0.465. The van der Waals surface area contributed by atoms with E-state index in [2.05, 4.69) is 107 Å². The third-order valence-corrected chi connectivity index (χ3v) is 12.1. The molecule has 3 aliphatic heterocycles. The second-order valence-electron chi connectivity index (χ2n) is 15.6. The normalized spacial score (nSPS) is 21.9. The highest BCUT2D eigenvalue weighted by atomic mass is 16.5. The van der Waals surface area contributed by atoms with E-state index < -0.39 is 12.1 Å². The first-order valence-corrected chi connectivity index (χ1v) is 20.0. The van der Waals surface area contributed by atoms with Crippen LogP contribution < -0.4 is 5.32 Å². The number of hydrogen-bond acceptors (Lipinski definition) is 7. The van der Waals surface area contributed by atoms with Crippen LogP contribution in [0.1, 0.15) is 90.0 Å². The van der Waals surface area contributed by atoms with Crippen LogP contribution in [0, 0.1) is 5.92 Å². The zero-order valence-electron chi connectivity index (χ0n) is 32.5. The number of benzene rings is 3. The van der Waals surface area contributed by atoms with Crippen LogP contribution in [0.5, 0.6) is 0 Å². The molecule has 0 saturated carbocycles. The van der Waals surface area contributed by atoms with Crippen LogP contribution in [0.25, 0.3) is 44.3 Å². The number of ether oxygens (including phenoxy) is 1. The lowest BCUT2D eigenvalue weighted by molar-refractivity contribution is -0.140. The third kappa shape index (κ3) is 6.85. The molecule has 3 aliphatic rings. The van der Waals surface area contributed by atoms with Gasteiger partial charge in [0.2, 0.25) is 11.8 Å². The molecule has 0 radical (unpaired) electrons. The summed E-state index contributed by atoms with van der Waals surface area (Å²) in [6.45, 7) is 11.0. The summed E-state index contributed by atoms with van der Waals surface area (Å²) in [6.07, 6.45) is 4.49. The van der Waals surface area contributed by atoms with Crippen molar-refractivity contribution in [2.45, 2.75) is 96.4 Å². The van der Waals surface area contributed by atoms with Crippen molar-refractivity contribution in [2.24, 2.45) is 5.92 Å². The topological polar surface area (TPSA) is 140 Å². The number of nitrogens with one attached hydrogen (secondary N) is 3. The summed E-state index contributed by atoms with van der Waals surface area (Å²) in [5.74, 6) is 2.01. The highest BCUT2D eigenvalue weighted by molar-refractivity contribution is 5.88. The van der Waals surface area contributed by atoms with Crippen molar-refractivity contribution in [1.82, 2.24) is 40.0 Å². The lowest BCUT2D eigenvalue weighted by atomic mass is 9.98. The first kappa shape index (κ1) is 36.7. The number of methoxy groups -OCH3 is 1. The Kier molecular flexibility index (Phi) is 10.1. The Morgan fingerprint density at radius 2 is 1.38 bits per heavy atom. The number of piperidine rings is 1. The maximum absolute atomic E-state index is 13.9. The maximum Gasteiger partial charge on any atom is 0.407 e. The molecule has 55 heavy (non-hydrogen) atoms. The van der Waals surface area contributed by atoms with Gasteiger partial charge in [0.05, 0.1) is 47.3 Å². The van der Waals surface area contributed by atoms with E-state index in [1.807, 2.05) is 11.0 Å². The molecule has 0 unspecified atom stereocenters. The molecule has 5 heterocycles. The largest absolute Gasteiger partial charge is 0.453 e. The van der Waals surface area contributed by atoms with Crippen LogP contribution in [0.3, 0.4) is 0 Å². The van der Waals surface area contributed by atoms with Crippen LogP contribution in [0.2, 0.25) is 0 Å². The Morgan fingerprint density at radius 1 is 0.818 bits per heavy atom. The number of likely N-dealkylation sites (N-methyl/N-ethyl adjacent to an activating group) is 1. The van der Waals surface area contributed by atoms with Gasteiger partial charge in [-0.05, 0) is 104 Å². The van der Waals surface area contributed by atoms with Crippen molar-refractivity contribution in [3.05, 3.63) is 72.3 Å². The van der Waals surface area contributed by atoms with E-state index in [0.29, 0.717) is 6.42 Å². The molecule has 5 aromatic rings. The summed E-state index contributed by atoms with van der Waals surface area (Å²) in [6, 6.07) is 20.4. The molecule has 5 atom stereocenters.